The van der Waals surface area contributed by atoms with Crippen LogP contribution in [-0.4, -0.2) is 23.7 Å². The SMILES string of the molecule is O=C(NCC1CCCC1O)c1c(F)c(F)c(F)c(F)c1F. The van der Waals surface area contributed by atoms with Crippen molar-refractivity contribution in [2.75, 3.05) is 6.54 Å². The number of aliphatic hydroxyl groups excluding tert-OH is 1. The molecule has 1 aliphatic carbocycles. The van der Waals surface area contributed by atoms with Crippen molar-refractivity contribution < 1.29 is 31.9 Å². The molecule has 0 saturated heterocycles. The van der Waals surface area contributed by atoms with Gasteiger partial charge in [-0.25, -0.2) is 22.0 Å². The highest BCUT2D eigenvalue weighted by atomic mass is 19.2. The maximum Gasteiger partial charge on any atom is 0.257 e. The van der Waals surface area contributed by atoms with Gasteiger partial charge in [0.25, 0.3) is 5.91 Å². The Labute approximate surface area is 116 Å². The van der Waals surface area contributed by atoms with Gasteiger partial charge in [-0.15, -0.1) is 0 Å². The van der Waals surface area contributed by atoms with Gasteiger partial charge in [-0.3, -0.25) is 4.79 Å². The van der Waals surface area contributed by atoms with Crippen LogP contribution in [0.5, 0.6) is 0 Å². The third kappa shape index (κ3) is 2.85. The van der Waals surface area contributed by atoms with E-state index in [1.807, 2.05) is 0 Å². The lowest BCUT2D eigenvalue weighted by molar-refractivity contribution is 0.0905. The van der Waals surface area contributed by atoms with E-state index in [9.17, 15) is 31.9 Å². The number of hydrogen-bond acceptors (Lipinski definition) is 2. The molecular formula is C13H12F5NO2. The number of benzene rings is 1. The summed E-state index contributed by atoms with van der Waals surface area (Å²) in [4.78, 5) is 11.6. The smallest absolute Gasteiger partial charge is 0.257 e. The van der Waals surface area contributed by atoms with Crippen molar-refractivity contribution in [2.45, 2.75) is 25.4 Å². The zero-order valence-electron chi connectivity index (χ0n) is 10.7. The van der Waals surface area contributed by atoms with Crippen molar-refractivity contribution in [2.24, 2.45) is 5.92 Å². The van der Waals surface area contributed by atoms with E-state index in [1.54, 1.807) is 0 Å². The highest BCUT2D eigenvalue weighted by Crippen LogP contribution is 2.26. The van der Waals surface area contributed by atoms with E-state index >= 15 is 0 Å². The van der Waals surface area contributed by atoms with Crippen LogP contribution >= 0.6 is 0 Å². The highest BCUT2D eigenvalue weighted by Gasteiger charge is 2.31. The molecule has 1 aromatic carbocycles. The van der Waals surface area contributed by atoms with Crippen LogP contribution in [-0.2, 0) is 0 Å². The molecule has 21 heavy (non-hydrogen) atoms. The van der Waals surface area contributed by atoms with Crippen LogP contribution in [0.15, 0.2) is 0 Å². The van der Waals surface area contributed by atoms with Crippen molar-refractivity contribution in [1.82, 2.24) is 5.32 Å². The molecule has 1 amide bonds. The minimum atomic E-state index is -2.31. The van der Waals surface area contributed by atoms with E-state index in [2.05, 4.69) is 5.32 Å². The fourth-order valence-corrected chi connectivity index (χ4v) is 2.37. The van der Waals surface area contributed by atoms with Crippen molar-refractivity contribution >= 4 is 5.91 Å². The Hall–Kier alpha value is -1.70. The summed E-state index contributed by atoms with van der Waals surface area (Å²) in [5.74, 6) is -12.7. The maximum atomic E-state index is 13.4. The second-order valence-corrected chi connectivity index (χ2v) is 4.91. The molecule has 2 unspecified atom stereocenters. The average molecular weight is 309 g/mol. The summed E-state index contributed by atoms with van der Waals surface area (Å²) in [6.07, 6.45) is 1.24. The predicted molar refractivity (Wildman–Crippen MR) is 61.9 cm³/mol. The van der Waals surface area contributed by atoms with Gasteiger partial charge in [-0.05, 0) is 12.8 Å². The number of carbonyl (C=O) groups excluding carboxylic acids is 1. The molecule has 1 aromatic rings. The first-order chi connectivity index (χ1) is 9.84. The summed E-state index contributed by atoms with van der Waals surface area (Å²) in [6.45, 7) is -0.0977. The topological polar surface area (TPSA) is 49.3 Å². The van der Waals surface area contributed by atoms with Gasteiger partial charge in [0.2, 0.25) is 5.82 Å². The zero-order valence-corrected chi connectivity index (χ0v) is 10.7. The minimum absolute atomic E-state index is 0.0977. The molecule has 0 aliphatic heterocycles. The molecule has 1 fully saturated rings. The molecule has 1 saturated carbocycles. The van der Waals surface area contributed by atoms with Gasteiger partial charge in [0.05, 0.1) is 6.10 Å². The normalized spacial score (nSPS) is 21.6. The minimum Gasteiger partial charge on any atom is -0.393 e. The molecule has 2 rings (SSSR count). The number of amides is 1. The van der Waals surface area contributed by atoms with Crippen molar-refractivity contribution in [3.63, 3.8) is 0 Å². The second-order valence-electron chi connectivity index (χ2n) is 4.91. The molecule has 2 N–H and O–H groups in total. The Morgan fingerprint density at radius 2 is 1.52 bits per heavy atom. The molecule has 1 aliphatic rings. The molecule has 0 heterocycles. The number of nitrogens with one attached hydrogen (secondary N) is 1. The average Bonchev–Trinajstić information content (AvgIpc) is 2.86. The summed E-state index contributed by atoms with van der Waals surface area (Å²) < 4.78 is 65.6. The van der Waals surface area contributed by atoms with E-state index in [4.69, 9.17) is 0 Å². The van der Waals surface area contributed by atoms with Crippen LogP contribution in [0.4, 0.5) is 22.0 Å². The number of rotatable bonds is 3. The predicted octanol–water partition coefficient (Wildman–Crippen LogP) is 2.27. The summed E-state index contributed by atoms with van der Waals surface area (Å²) in [5.41, 5.74) is -1.51. The summed E-state index contributed by atoms with van der Waals surface area (Å²) in [7, 11) is 0. The van der Waals surface area contributed by atoms with Crippen molar-refractivity contribution in [3.05, 3.63) is 34.6 Å². The number of carbonyl (C=O) groups is 1. The fourth-order valence-electron chi connectivity index (χ4n) is 2.37. The first-order valence-electron chi connectivity index (χ1n) is 6.32. The van der Waals surface area contributed by atoms with Gasteiger partial charge in [0.15, 0.2) is 23.3 Å². The van der Waals surface area contributed by atoms with Crippen LogP contribution in [0.1, 0.15) is 29.6 Å². The van der Waals surface area contributed by atoms with Gasteiger partial charge in [-0.1, -0.05) is 6.42 Å². The first-order valence-corrected chi connectivity index (χ1v) is 6.32. The molecule has 3 nitrogen and oxygen atoms in total. The Balaban J connectivity index is 2.19. The lowest BCUT2D eigenvalue weighted by atomic mass is 10.1. The second kappa shape index (κ2) is 5.97. The molecule has 0 bridgehead atoms. The number of aliphatic hydroxyl groups is 1. The van der Waals surface area contributed by atoms with Gasteiger partial charge in [0, 0.05) is 12.5 Å². The van der Waals surface area contributed by atoms with Crippen LogP contribution < -0.4 is 5.32 Å². The molecular weight excluding hydrogens is 297 g/mol. The Morgan fingerprint density at radius 3 is 2.00 bits per heavy atom. The van der Waals surface area contributed by atoms with Crippen LogP contribution in [0, 0.1) is 35.0 Å². The first kappa shape index (κ1) is 15.7. The molecule has 116 valence electrons. The van der Waals surface area contributed by atoms with E-state index < -0.39 is 46.7 Å². The lowest BCUT2D eigenvalue weighted by Crippen LogP contribution is -2.34. The zero-order chi connectivity index (χ0) is 15.7. The van der Waals surface area contributed by atoms with Gasteiger partial charge < -0.3 is 10.4 Å². The fraction of sp³-hybridized carbons (Fsp3) is 0.462. The van der Waals surface area contributed by atoms with Gasteiger partial charge in [0.1, 0.15) is 5.56 Å². The van der Waals surface area contributed by atoms with Gasteiger partial charge >= 0.3 is 0 Å². The molecule has 0 radical (unpaired) electrons. The van der Waals surface area contributed by atoms with E-state index in [1.165, 1.54) is 0 Å². The summed E-state index contributed by atoms with van der Waals surface area (Å²) in [6, 6.07) is 0. The highest BCUT2D eigenvalue weighted by molar-refractivity contribution is 5.94. The third-order valence-corrected chi connectivity index (χ3v) is 3.58. The molecule has 0 spiro atoms. The largest absolute Gasteiger partial charge is 0.393 e. The lowest BCUT2D eigenvalue weighted by Gasteiger charge is -2.15. The monoisotopic (exact) mass is 309 g/mol. The summed E-state index contributed by atoms with van der Waals surface area (Å²) in [5, 5.41) is 11.6. The third-order valence-electron chi connectivity index (χ3n) is 3.58. The molecule has 0 aromatic heterocycles. The maximum absolute atomic E-state index is 13.4. The standard InChI is InChI=1S/C13H12F5NO2/c14-8-7(9(15)11(17)12(18)10(8)16)13(21)19-4-5-2-1-3-6(5)20/h5-6,20H,1-4H2,(H,19,21). The Morgan fingerprint density at radius 1 is 1.00 bits per heavy atom. The summed E-state index contributed by atoms with van der Waals surface area (Å²) >= 11 is 0. The van der Waals surface area contributed by atoms with Crippen molar-refractivity contribution in [1.29, 1.82) is 0 Å². The quantitative estimate of drug-likeness (QED) is 0.511. The van der Waals surface area contributed by atoms with Crippen LogP contribution in [0.25, 0.3) is 0 Å². The van der Waals surface area contributed by atoms with Crippen molar-refractivity contribution in [3.8, 4) is 0 Å². The van der Waals surface area contributed by atoms with E-state index in [0.29, 0.717) is 12.8 Å². The van der Waals surface area contributed by atoms with E-state index in [0.717, 1.165) is 6.42 Å². The molecule has 8 heteroatoms. The van der Waals surface area contributed by atoms with Crippen LogP contribution in [0.2, 0.25) is 0 Å². The number of hydrogen-bond donors (Lipinski definition) is 2. The Bertz CT molecular complexity index is 549. The Kier molecular flexibility index (Phi) is 4.46. The molecule has 2 atom stereocenters. The number of halogens is 5. The van der Waals surface area contributed by atoms with Gasteiger partial charge in [-0.2, -0.15) is 0 Å². The van der Waals surface area contributed by atoms with E-state index in [-0.39, 0.29) is 12.5 Å². The van der Waals surface area contributed by atoms with Crippen LogP contribution in [0.3, 0.4) is 0 Å².